The van der Waals surface area contributed by atoms with E-state index < -0.39 is 34.7 Å². The first-order valence-corrected chi connectivity index (χ1v) is 13.3. The van der Waals surface area contributed by atoms with Crippen molar-refractivity contribution in [1.82, 2.24) is 19.1 Å². The second-order valence-corrected chi connectivity index (χ2v) is 9.90. The molecule has 0 saturated heterocycles. The second kappa shape index (κ2) is 13.6. The Balaban J connectivity index is 0.000000225. The molecule has 0 aliphatic carbocycles. The number of fused-ring (bicyclic) bond motifs is 2. The quantitative estimate of drug-likeness (QED) is 0.228. The van der Waals surface area contributed by atoms with E-state index in [-0.39, 0.29) is 35.5 Å². The molecule has 2 N–H and O–H groups in total. The summed E-state index contributed by atoms with van der Waals surface area (Å²) < 4.78 is 33.2. The molecule has 0 amide bonds. The van der Waals surface area contributed by atoms with Gasteiger partial charge in [0, 0.05) is 0 Å². The van der Waals surface area contributed by atoms with E-state index >= 15 is 0 Å². The van der Waals surface area contributed by atoms with Gasteiger partial charge in [0.25, 0.3) is 11.1 Å². The number of carboxylic acids is 1. The fraction of sp³-hybridized carbons (Fsp3) is 0.0370. The van der Waals surface area contributed by atoms with Gasteiger partial charge in [0.15, 0.2) is 0 Å². The minimum atomic E-state index is -1.32. The fourth-order valence-electron chi connectivity index (χ4n) is 3.91. The number of nitrogens with zero attached hydrogens (tertiary/aromatic N) is 4. The average Bonchev–Trinajstić information content (AvgIpc) is 3.63. The molecule has 0 spiro atoms. The maximum absolute atomic E-state index is 13.0. The summed E-state index contributed by atoms with van der Waals surface area (Å²) in [7, 11) is 1.20. The predicted octanol–water partition coefficient (Wildman–Crippen LogP) is 1.48. The maximum Gasteiger partial charge on any atom is 1.00 e. The Kier molecular flexibility index (Phi) is 10.5. The number of rotatable bonds is 4. The van der Waals surface area contributed by atoms with Gasteiger partial charge >= 0.3 is 30.8 Å². The van der Waals surface area contributed by atoms with Crippen molar-refractivity contribution in [3.63, 3.8) is 0 Å². The van der Waals surface area contributed by atoms with Crippen molar-refractivity contribution < 1.29 is 52.6 Å². The SMILES string of the molecule is COC(=O)c1cc2ncsc2n(-c2ccc(F)cc2)c1=O.O=C(O)c1cc2ncsc2n(-c2ccc(F)cc2)c1=O.[Li+].[OH-]. The summed E-state index contributed by atoms with van der Waals surface area (Å²) in [5.41, 5.74) is 3.20. The predicted molar refractivity (Wildman–Crippen MR) is 151 cm³/mol. The monoisotopic (exact) mass is 618 g/mol. The van der Waals surface area contributed by atoms with Crippen molar-refractivity contribution >= 4 is 55.3 Å². The molecule has 0 atom stereocenters. The third kappa shape index (κ3) is 6.46. The smallest absolute Gasteiger partial charge is 0.870 e. The van der Waals surface area contributed by atoms with Gasteiger partial charge in [0.2, 0.25) is 0 Å². The largest absolute Gasteiger partial charge is 1.00 e. The van der Waals surface area contributed by atoms with Gasteiger partial charge in [0.1, 0.15) is 32.4 Å². The van der Waals surface area contributed by atoms with Crippen molar-refractivity contribution in [3.05, 3.63) is 115 Å². The number of benzene rings is 2. The first-order valence-electron chi connectivity index (χ1n) is 11.5. The molecule has 0 aliphatic heterocycles. The molecule has 0 radical (unpaired) electrons. The summed E-state index contributed by atoms with van der Waals surface area (Å²) in [4.78, 5) is 56.9. The zero-order chi connectivity index (χ0) is 29.3. The number of halogens is 2. The Labute approximate surface area is 259 Å². The van der Waals surface area contributed by atoms with Crippen LogP contribution in [0.1, 0.15) is 20.7 Å². The molecule has 0 bridgehead atoms. The molecule has 0 fully saturated rings. The zero-order valence-corrected chi connectivity index (χ0v) is 23.9. The van der Waals surface area contributed by atoms with Gasteiger partial charge in [-0.15, -0.1) is 22.7 Å². The standard InChI is InChI=1S/C14H9FN2O3S.C13H7FN2O3S.Li.H2O/c1-20-14(19)10-6-11-13(21-7-16-11)17(12(10)18)9-4-2-8(15)3-5-9;14-7-1-3-8(4-2-7)16-11(17)9(13(18)19)5-10-12(16)20-6-15-10;;/h2-7H,1H3;1-6H,(H,18,19);;1H2/q;;+1;/p-1. The van der Waals surface area contributed by atoms with Crippen molar-refractivity contribution in [2.45, 2.75) is 0 Å². The Morgan fingerprint density at radius 3 is 1.56 bits per heavy atom. The minimum absolute atomic E-state index is 0. The van der Waals surface area contributed by atoms with Crippen LogP contribution in [0.25, 0.3) is 32.1 Å². The molecule has 0 saturated carbocycles. The van der Waals surface area contributed by atoms with E-state index in [9.17, 15) is 28.0 Å². The summed E-state index contributed by atoms with van der Waals surface area (Å²) in [5.74, 6) is -2.89. The fourth-order valence-corrected chi connectivity index (χ4v) is 5.50. The zero-order valence-electron chi connectivity index (χ0n) is 22.2. The number of thiazole rings is 2. The van der Waals surface area contributed by atoms with Gasteiger partial charge < -0.3 is 15.3 Å². The number of carboxylic acid groups (broad SMARTS) is 1. The first-order chi connectivity index (χ1) is 19.7. The molecule has 2 aromatic carbocycles. The number of methoxy groups -OCH3 is 1. The molecule has 6 aromatic rings. The van der Waals surface area contributed by atoms with Gasteiger partial charge in [-0.2, -0.15) is 0 Å². The van der Waals surface area contributed by atoms with Crippen LogP contribution < -0.4 is 30.0 Å². The van der Waals surface area contributed by atoms with Crippen LogP contribution in [-0.4, -0.2) is 48.7 Å². The molecule has 6 rings (SSSR count). The number of hydrogen-bond donors (Lipinski definition) is 1. The number of ether oxygens (including phenoxy) is 1. The van der Waals surface area contributed by atoms with Gasteiger partial charge in [-0.1, -0.05) is 0 Å². The topological polar surface area (TPSA) is 163 Å². The van der Waals surface area contributed by atoms with Crippen LogP contribution in [0.5, 0.6) is 0 Å². The number of carbonyl (C=O) groups excluding carboxylic acids is 1. The first kappa shape index (κ1) is 33.0. The molecule has 4 heterocycles. The molecule has 16 heteroatoms. The van der Waals surface area contributed by atoms with E-state index in [2.05, 4.69) is 14.7 Å². The number of carbonyl (C=O) groups is 2. The number of pyridine rings is 2. The summed E-state index contributed by atoms with van der Waals surface area (Å²) in [6, 6.07) is 13.3. The molecule has 0 aliphatic rings. The molecule has 11 nitrogen and oxygen atoms in total. The van der Waals surface area contributed by atoms with Gasteiger partial charge in [-0.3, -0.25) is 18.7 Å². The molecular formula is C27H17F2LiN4O7S2. The van der Waals surface area contributed by atoms with Gasteiger partial charge in [-0.05, 0) is 60.7 Å². The average molecular weight is 619 g/mol. The number of hydrogen-bond acceptors (Lipinski definition) is 10. The molecule has 214 valence electrons. The summed E-state index contributed by atoms with van der Waals surface area (Å²) in [6.07, 6.45) is 0. The third-order valence-corrected chi connectivity index (χ3v) is 7.44. The van der Waals surface area contributed by atoms with E-state index in [1.165, 1.54) is 105 Å². The Bertz CT molecular complexity index is 2060. The van der Waals surface area contributed by atoms with E-state index in [1.807, 2.05) is 0 Å². The van der Waals surface area contributed by atoms with Crippen LogP contribution in [0, 0.1) is 11.6 Å². The van der Waals surface area contributed by atoms with E-state index in [4.69, 9.17) is 5.11 Å². The van der Waals surface area contributed by atoms with Crippen LogP contribution in [0.4, 0.5) is 8.78 Å². The summed E-state index contributed by atoms with van der Waals surface area (Å²) in [5, 5.41) is 9.08. The Hall–Kier alpha value is -4.52. The van der Waals surface area contributed by atoms with Crippen molar-refractivity contribution in [2.75, 3.05) is 7.11 Å². The van der Waals surface area contributed by atoms with Crippen LogP contribution in [0.3, 0.4) is 0 Å². The Morgan fingerprint density at radius 2 is 1.16 bits per heavy atom. The number of aromatic nitrogens is 4. The van der Waals surface area contributed by atoms with Gasteiger partial charge in [0.05, 0.1) is 40.5 Å². The second-order valence-electron chi connectivity index (χ2n) is 8.23. The van der Waals surface area contributed by atoms with Crippen LogP contribution in [0.2, 0.25) is 0 Å². The van der Waals surface area contributed by atoms with E-state index in [0.717, 1.165) is 0 Å². The molecule has 0 unspecified atom stereocenters. The van der Waals surface area contributed by atoms with Crippen LogP contribution in [0.15, 0.2) is 81.3 Å². The van der Waals surface area contributed by atoms with E-state index in [0.29, 0.717) is 32.1 Å². The normalized spacial score (nSPS) is 10.3. The number of aromatic carboxylic acids is 1. The van der Waals surface area contributed by atoms with Crippen molar-refractivity contribution in [1.29, 1.82) is 0 Å². The summed E-state index contributed by atoms with van der Waals surface area (Å²) >= 11 is 2.47. The minimum Gasteiger partial charge on any atom is -0.870 e. The summed E-state index contributed by atoms with van der Waals surface area (Å²) in [6.45, 7) is 0. The van der Waals surface area contributed by atoms with Crippen molar-refractivity contribution in [3.8, 4) is 11.4 Å². The molecule has 43 heavy (non-hydrogen) atoms. The molecular weight excluding hydrogens is 601 g/mol. The third-order valence-electron chi connectivity index (χ3n) is 5.79. The van der Waals surface area contributed by atoms with Gasteiger partial charge in [-0.25, -0.2) is 28.3 Å². The molecule has 4 aromatic heterocycles. The maximum atomic E-state index is 13.0. The van der Waals surface area contributed by atoms with Crippen LogP contribution in [-0.2, 0) is 4.74 Å². The van der Waals surface area contributed by atoms with Crippen LogP contribution >= 0.6 is 22.7 Å². The van der Waals surface area contributed by atoms with Crippen molar-refractivity contribution in [2.24, 2.45) is 0 Å². The Morgan fingerprint density at radius 1 is 0.767 bits per heavy atom. The number of esters is 1. The van der Waals surface area contributed by atoms with E-state index in [1.54, 1.807) is 5.51 Å².